The van der Waals surface area contributed by atoms with Gasteiger partial charge in [-0.3, -0.25) is 4.79 Å². The number of aromatic nitrogens is 1. The van der Waals surface area contributed by atoms with Crippen molar-refractivity contribution in [1.29, 1.82) is 0 Å². The van der Waals surface area contributed by atoms with E-state index in [4.69, 9.17) is 14.3 Å². The number of carbonyl (C=O) groups is 1. The summed E-state index contributed by atoms with van der Waals surface area (Å²) in [5, 5.41) is 9.00. The third kappa shape index (κ3) is 6.43. The van der Waals surface area contributed by atoms with Crippen LogP contribution in [0.2, 0.25) is 0 Å². The molecule has 0 spiro atoms. The summed E-state index contributed by atoms with van der Waals surface area (Å²) in [6.45, 7) is 3.90. The van der Waals surface area contributed by atoms with E-state index < -0.39 is 16.2 Å². The number of nitrogens with zero attached hydrogens (tertiary/aromatic N) is 3. The summed E-state index contributed by atoms with van der Waals surface area (Å²) in [6, 6.07) is 14.9. The molecule has 9 nitrogen and oxygen atoms in total. The van der Waals surface area contributed by atoms with Crippen LogP contribution in [0.3, 0.4) is 0 Å². The molecule has 3 aromatic rings. The first kappa shape index (κ1) is 25.4. The quantitative estimate of drug-likeness (QED) is 0.439. The topological polar surface area (TPSA) is 113 Å². The van der Waals surface area contributed by atoms with Crippen LogP contribution < -0.4 is 4.74 Å². The summed E-state index contributed by atoms with van der Waals surface area (Å²) in [7, 11) is -0.972. The van der Waals surface area contributed by atoms with Gasteiger partial charge in [0, 0.05) is 32.7 Å². The first-order chi connectivity index (χ1) is 16.1. The average molecular weight is 488 g/mol. The van der Waals surface area contributed by atoms with Crippen molar-refractivity contribution >= 4 is 16.2 Å². The molecule has 0 bridgehead atoms. The summed E-state index contributed by atoms with van der Waals surface area (Å²) in [5.41, 5.74) is 3.37. The largest absolute Gasteiger partial charge is 0.487 e. The molecule has 0 atom stereocenters. The molecule has 0 radical (unpaired) electrons. The molecule has 182 valence electrons. The summed E-state index contributed by atoms with van der Waals surface area (Å²) in [4.78, 5) is 15.5. The van der Waals surface area contributed by atoms with Gasteiger partial charge in [0.1, 0.15) is 23.8 Å². The number of ether oxygens (including phenoxy) is 1. The Morgan fingerprint density at radius 1 is 1.12 bits per heavy atom. The Kier molecular flexibility index (Phi) is 8.08. The standard InChI is InChI=1S/C24H29N3O6S/c1-17-8-10-20(11-9-17)24-25-22(18(2)33-24)16-32-21-7-5-6-19(14-21)15-27(13-12-23(28)29)34(30,31)26(3)4/h5-11,14H,12-13,15-16H2,1-4H3,(H,28,29). The van der Waals surface area contributed by atoms with E-state index in [1.54, 1.807) is 24.3 Å². The Morgan fingerprint density at radius 3 is 2.47 bits per heavy atom. The van der Waals surface area contributed by atoms with E-state index in [0.717, 1.165) is 19.7 Å². The monoisotopic (exact) mass is 487 g/mol. The van der Waals surface area contributed by atoms with Gasteiger partial charge < -0.3 is 14.3 Å². The van der Waals surface area contributed by atoms with Gasteiger partial charge in [-0.2, -0.15) is 17.0 Å². The van der Waals surface area contributed by atoms with E-state index in [1.165, 1.54) is 14.1 Å². The van der Waals surface area contributed by atoms with Gasteiger partial charge >= 0.3 is 5.97 Å². The third-order valence-corrected chi connectivity index (χ3v) is 7.07. The lowest BCUT2D eigenvalue weighted by Gasteiger charge is -2.25. The van der Waals surface area contributed by atoms with Crippen molar-refractivity contribution in [2.45, 2.75) is 33.4 Å². The molecule has 0 fully saturated rings. The fourth-order valence-corrected chi connectivity index (χ4v) is 4.29. The summed E-state index contributed by atoms with van der Waals surface area (Å²) >= 11 is 0. The minimum Gasteiger partial charge on any atom is -0.487 e. The van der Waals surface area contributed by atoms with Crippen LogP contribution in [0.1, 0.15) is 29.0 Å². The number of carboxylic acids is 1. The molecule has 10 heteroatoms. The number of oxazole rings is 1. The molecule has 0 saturated heterocycles. The molecule has 1 N–H and O–H groups in total. The van der Waals surface area contributed by atoms with Crippen LogP contribution in [0.15, 0.2) is 52.9 Å². The lowest BCUT2D eigenvalue weighted by Crippen LogP contribution is -2.40. The first-order valence-corrected chi connectivity index (χ1v) is 12.1. The van der Waals surface area contributed by atoms with E-state index in [0.29, 0.717) is 28.7 Å². The predicted molar refractivity (Wildman–Crippen MR) is 127 cm³/mol. The molecule has 0 saturated carbocycles. The number of carboxylic acid groups (broad SMARTS) is 1. The Bertz CT molecular complexity index is 1240. The normalized spacial score (nSPS) is 11.8. The van der Waals surface area contributed by atoms with Crippen molar-refractivity contribution in [2.24, 2.45) is 0 Å². The average Bonchev–Trinajstić information content (AvgIpc) is 3.16. The molecule has 0 aliphatic carbocycles. The zero-order valence-corrected chi connectivity index (χ0v) is 20.5. The molecule has 1 aromatic heterocycles. The molecule has 3 rings (SSSR count). The van der Waals surface area contributed by atoms with Gasteiger partial charge in [-0.25, -0.2) is 4.98 Å². The molecular formula is C24H29N3O6S. The minimum absolute atomic E-state index is 0.0194. The Balaban J connectivity index is 1.71. The van der Waals surface area contributed by atoms with Crippen LogP contribution in [0, 0.1) is 13.8 Å². The van der Waals surface area contributed by atoms with Crippen LogP contribution in [0.5, 0.6) is 5.75 Å². The van der Waals surface area contributed by atoms with Crippen LogP contribution in [-0.2, 0) is 28.2 Å². The molecule has 0 unspecified atom stereocenters. The van der Waals surface area contributed by atoms with E-state index in [-0.39, 0.29) is 26.1 Å². The Morgan fingerprint density at radius 2 is 1.82 bits per heavy atom. The maximum atomic E-state index is 12.6. The van der Waals surface area contributed by atoms with Gasteiger partial charge in [-0.1, -0.05) is 29.8 Å². The van der Waals surface area contributed by atoms with Gasteiger partial charge in [0.05, 0.1) is 6.42 Å². The lowest BCUT2D eigenvalue weighted by atomic mass is 10.1. The van der Waals surface area contributed by atoms with Crippen molar-refractivity contribution in [1.82, 2.24) is 13.6 Å². The van der Waals surface area contributed by atoms with Crippen molar-refractivity contribution in [3.05, 3.63) is 71.1 Å². The zero-order chi connectivity index (χ0) is 24.9. The number of hydrogen-bond acceptors (Lipinski definition) is 6. The fraction of sp³-hybridized carbons (Fsp3) is 0.333. The van der Waals surface area contributed by atoms with E-state index in [9.17, 15) is 13.2 Å². The Hall–Kier alpha value is -3.21. The second kappa shape index (κ2) is 10.8. The highest BCUT2D eigenvalue weighted by molar-refractivity contribution is 7.86. The highest BCUT2D eigenvalue weighted by Crippen LogP contribution is 2.24. The van der Waals surface area contributed by atoms with E-state index in [1.807, 2.05) is 38.1 Å². The number of aliphatic carboxylic acids is 1. The number of rotatable bonds is 11. The molecule has 0 aliphatic heterocycles. The number of benzene rings is 2. The molecular weight excluding hydrogens is 458 g/mol. The SMILES string of the molecule is Cc1ccc(-c2nc(COc3cccc(CN(CCC(=O)O)S(=O)(=O)N(C)C)c3)c(C)o2)cc1. The number of hydrogen-bond donors (Lipinski definition) is 1. The van der Waals surface area contributed by atoms with Crippen molar-refractivity contribution in [3.8, 4) is 17.2 Å². The summed E-state index contributed by atoms with van der Waals surface area (Å²) < 4.78 is 39.1. The smallest absolute Gasteiger partial charge is 0.304 e. The van der Waals surface area contributed by atoms with Crippen molar-refractivity contribution in [3.63, 3.8) is 0 Å². The molecule has 34 heavy (non-hydrogen) atoms. The molecule has 1 heterocycles. The zero-order valence-electron chi connectivity index (χ0n) is 19.7. The molecule has 0 amide bonds. The Labute approximate surface area is 199 Å². The second-order valence-corrected chi connectivity index (χ2v) is 10.2. The van der Waals surface area contributed by atoms with Gasteiger partial charge in [-0.05, 0) is 43.7 Å². The van der Waals surface area contributed by atoms with Crippen molar-refractivity contribution in [2.75, 3.05) is 20.6 Å². The van der Waals surface area contributed by atoms with Crippen LogP contribution in [-0.4, -0.2) is 53.7 Å². The van der Waals surface area contributed by atoms with Crippen LogP contribution in [0.4, 0.5) is 0 Å². The van der Waals surface area contributed by atoms with Crippen molar-refractivity contribution < 1.29 is 27.5 Å². The maximum absolute atomic E-state index is 12.6. The van der Waals surface area contributed by atoms with Crippen LogP contribution in [0.25, 0.3) is 11.5 Å². The minimum atomic E-state index is -3.79. The lowest BCUT2D eigenvalue weighted by molar-refractivity contribution is -0.137. The summed E-state index contributed by atoms with van der Waals surface area (Å²) in [6.07, 6.45) is -0.294. The van der Waals surface area contributed by atoms with Gasteiger partial charge in [-0.15, -0.1) is 0 Å². The highest BCUT2D eigenvalue weighted by Gasteiger charge is 2.25. The van der Waals surface area contributed by atoms with E-state index >= 15 is 0 Å². The van der Waals surface area contributed by atoms with Gasteiger partial charge in [0.2, 0.25) is 5.89 Å². The second-order valence-electron chi connectivity index (χ2n) is 8.09. The molecule has 2 aromatic carbocycles. The predicted octanol–water partition coefficient (Wildman–Crippen LogP) is 3.62. The molecule has 0 aliphatic rings. The van der Waals surface area contributed by atoms with E-state index in [2.05, 4.69) is 4.98 Å². The fourth-order valence-electron chi connectivity index (χ4n) is 3.20. The number of aryl methyl sites for hydroxylation is 2. The third-order valence-electron chi connectivity index (χ3n) is 5.19. The summed E-state index contributed by atoms with van der Waals surface area (Å²) in [5.74, 6) is 0.651. The maximum Gasteiger partial charge on any atom is 0.304 e. The first-order valence-electron chi connectivity index (χ1n) is 10.7. The van der Waals surface area contributed by atoms with Crippen LogP contribution >= 0.6 is 0 Å². The van der Waals surface area contributed by atoms with Gasteiger partial charge in [0.25, 0.3) is 10.2 Å². The highest BCUT2D eigenvalue weighted by atomic mass is 32.2. The van der Waals surface area contributed by atoms with Gasteiger partial charge in [0.15, 0.2) is 0 Å².